The third-order valence-corrected chi connectivity index (χ3v) is 4.19. The minimum atomic E-state index is 1.35. The van der Waals surface area contributed by atoms with Crippen LogP contribution in [0.1, 0.15) is 84.5 Å². The van der Waals surface area contributed by atoms with Gasteiger partial charge in [0.1, 0.15) is 0 Å². The lowest BCUT2D eigenvalue weighted by Gasteiger charge is -2.02. The van der Waals surface area contributed by atoms with Crippen molar-refractivity contribution in [3.8, 4) is 0 Å². The van der Waals surface area contributed by atoms with Gasteiger partial charge in [-0.1, -0.05) is 71.6 Å². The third kappa shape index (κ3) is 14.4. The number of hydrogen-bond acceptors (Lipinski definition) is 1. The van der Waals surface area contributed by atoms with E-state index in [4.69, 9.17) is 0 Å². The maximum atomic E-state index is 2.29. The molecular weight excluding hydrogens is 212 g/mol. The molecule has 0 aliphatic carbocycles. The molecule has 0 fully saturated rings. The molecule has 0 saturated carbocycles. The monoisotopic (exact) mass is 244 g/mol. The van der Waals surface area contributed by atoms with Gasteiger partial charge in [-0.15, -0.1) is 0 Å². The van der Waals surface area contributed by atoms with Crippen LogP contribution in [0.5, 0.6) is 0 Å². The van der Waals surface area contributed by atoms with Crippen molar-refractivity contribution in [2.45, 2.75) is 84.5 Å². The maximum Gasteiger partial charge on any atom is -0.00675 e. The highest BCUT2D eigenvalue weighted by molar-refractivity contribution is 7.99. The van der Waals surface area contributed by atoms with Crippen LogP contribution in [0.25, 0.3) is 0 Å². The second-order valence-electron chi connectivity index (χ2n) is 4.79. The van der Waals surface area contributed by atoms with Crippen molar-refractivity contribution in [2.75, 3.05) is 11.5 Å². The number of rotatable bonds is 13. The van der Waals surface area contributed by atoms with Gasteiger partial charge in [0, 0.05) is 0 Å². The molecule has 1 heteroatoms. The SMILES string of the molecule is CCCCCCCCCCCSCCCC. The normalized spacial score (nSPS) is 10.9. The van der Waals surface area contributed by atoms with E-state index in [0.29, 0.717) is 0 Å². The van der Waals surface area contributed by atoms with E-state index in [1.54, 1.807) is 0 Å². The van der Waals surface area contributed by atoms with Gasteiger partial charge in [-0.3, -0.25) is 0 Å². The van der Waals surface area contributed by atoms with E-state index in [2.05, 4.69) is 25.6 Å². The van der Waals surface area contributed by atoms with Crippen molar-refractivity contribution in [1.29, 1.82) is 0 Å². The molecule has 0 aliphatic heterocycles. The summed E-state index contributed by atoms with van der Waals surface area (Å²) < 4.78 is 0. The molecule has 0 rings (SSSR count). The molecular formula is C15H32S. The topological polar surface area (TPSA) is 0 Å². The van der Waals surface area contributed by atoms with Crippen LogP contribution < -0.4 is 0 Å². The summed E-state index contributed by atoms with van der Waals surface area (Å²) in [5.41, 5.74) is 0. The molecule has 16 heavy (non-hydrogen) atoms. The molecule has 0 N–H and O–H groups in total. The predicted octanol–water partition coefficient (Wildman–Crippen LogP) is 6.05. The average molecular weight is 244 g/mol. The maximum absolute atomic E-state index is 2.29. The Hall–Kier alpha value is 0.350. The third-order valence-electron chi connectivity index (χ3n) is 3.03. The summed E-state index contributed by atoms with van der Waals surface area (Å²) in [7, 11) is 0. The molecule has 0 unspecified atom stereocenters. The zero-order valence-electron chi connectivity index (χ0n) is 11.6. The lowest BCUT2D eigenvalue weighted by molar-refractivity contribution is 0.573. The molecule has 0 spiro atoms. The second kappa shape index (κ2) is 15.4. The van der Waals surface area contributed by atoms with Crippen LogP contribution in [0, 0.1) is 0 Å². The fraction of sp³-hybridized carbons (Fsp3) is 1.00. The van der Waals surface area contributed by atoms with Crippen LogP contribution >= 0.6 is 11.8 Å². The molecule has 0 aromatic heterocycles. The van der Waals surface area contributed by atoms with Gasteiger partial charge in [0.15, 0.2) is 0 Å². The van der Waals surface area contributed by atoms with Crippen molar-refractivity contribution < 1.29 is 0 Å². The van der Waals surface area contributed by atoms with Crippen molar-refractivity contribution in [2.24, 2.45) is 0 Å². The minimum absolute atomic E-state index is 1.35. The van der Waals surface area contributed by atoms with E-state index in [0.717, 1.165) is 0 Å². The first-order chi connectivity index (χ1) is 7.91. The van der Waals surface area contributed by atoms with Gasteiger partial charge < -0.3 is 0 Å². The van der Waals surface area contributed by atoms with E-state index >= 15 is 0 Å². The summed E-state index contributed by atoms with van der Waals surface area (Å²) in [6.07, 6.45) is 15.8. The van der Waals surface area contributed by atoms with E-state index in [-0.39, 0.29) is 0 Å². The highest BCUT2D eigenvalue weighted by Crippen LogP contribution is 2.12. The molecule has 0 amide bonds. The van der Waals surface area contributed by atoms with Crippen LogP contribution in [0.3, 0.4) is 0 Å². The molecule has 0 saturated heterocycles. The first-order valence-corrected chi connectivity index (χ1v) is 8.65. The fourth-order valence-electron chi connectivity index (χ4n) is 1.86. The quantitative estimate of drug-likeness (QED) is 0.355. The first kappa shape index (κ1) is 16.4. The summed E-state index contributed by atoms with van der Waals surface area (Å²) in [6.45, 7) is 4.56. The van der Waals surface area contributed by atoms with Gasteiger partial charge in [-0.2, -0.15) is 11.8 Å². The summed E-state index contributed by atoms with van der Waals surface area (Å²) in [4.78, 5) is 0. The standard InChI is InChI=1S/C15H32S/c1-3-5-7-8-9-10-11-12-13-15-16-14-6-4-2/h3-15H2,1-2H3. The highest BCUT2D eigenvalue weighted by Gasteiger charge is 1.92. The Morgan fingerprint density at radius 3 is 1.50 bits per heavy atom. The summed E-state index contributed by atoms with van der Waals surface area (Å²) in [6, 6.07) is 0. The zero-order valence-corrected chi connectivity index (χ0v) is 12.4. The Labute approximate surface area is 108 Å². The van der Waals surface area contributed by atoms with Gasteiger partial charge in [0.05, 0.1) is 0 Å². The Bertz CT molecular complexity index is 98.0. The van der Waals surface area contributed by atoms with Gasteiger partial charge in [-0.05, 0) is 24.3 Å². The van der Waals surface area contributed by atoms with E-state index in [1.807, 2.05) is 0 Å². The summed E-state index contributed by atoms with van der Waals surface area (Å²) in [5.74, 6) is 2.78. The Kier molecular flexibility index (Phi) is 15.7. The van der Waals surface area contributed by atoms with Crippen molar-refractivity contribution in [3.05, 3.63) is 0 Å². The summed E-state index contributed by atoms with van der Waals surface area (Å²) in [5, 5.41) is 0. The van der Waals surface area contributed by atoms with Crippen LogP contribution in [0.2, 0.25) is 0 Å². The minimum Gasteiger partial charge on any atom is -0.162 e. The van der Waals surface area contributed by atoms with Crippen LogP contribution in [0.4, 0.5) is 0 Å². The number of thioether (sulfide) groups is 1. The lowest BCUT2D eigenvalue weighted by atomic mass is 10.1. The zero-order chi connectivity index (χ0) is 11.9. The van der Waals surface area contributed by atoms with Gasteiger partial charge in [0.25, 0.3) is 0 Å². The van der Waals surface area contributed by atoms with Crippen LogP contribution in [-0.2, 0) is 0 Å². The largest absolute Gasteiger partial charge is 0.162 e. The van der Waals surface area contributed by atoms with Gasteiger partial charge in [0.2, 0.25) is 0 Å². The molecule has 98 valence electrons. The van der Waals surface area contributed by atoms with E-state index in [9.17, 15) is 0 Å². The smallest absolute Gasteiger partial charge is 0.00675 e. The highest BCUT2D eigenvalue weighted by atomic mass is 32.2. The molecule has 0 bridgehead atoms. The Morgan fingerprint density at radius 2 is 0.938 bits per heavy atom. The molecule has 0 atom stereocenters. The molecule has 0 radical (unpaired) electrons. The average Bonchev–Trinajstić information content (AvgIpc) is 2.31. The van der Waals surface area contributed by atoms with Crippen LogP contribution in [-0.4, -0.2) is 11.5 Å². The lowest BCUT2D eigenvalue weighted by Crippen LogP contribution is -1.85. The number of hydrogen-bond donors (Lipinski definition) is 0. The fourth-order valence-corrected chi connectivity index (χ4v) is 2.97. The van der Waals surface area contributed by atoms with Crippen molar-refractivity contribution in [3.63, 3.8) is 0 Å². The molecule has 0 aromatic carbocycles. The van der Waals surface area contributed by atoms with Gasteiger partial charge >= 0.3 is 0 Å². The predicted molar refractivity (Wildman–Crippen MR) is 79.5 cm³/mol. The Balaban J connectivity index is 2.83. The first-order valence-electron chi connectivity index (χ1n) is 7.49. The van der Waals surface area contributed by atoms with E-state index < -0.39 is 0 Å². The molecule has 0 aromatic rings. The number of unbranched alkanes of at least 4 members (excludes halogenated alkanes) is 9. The van der Waals surface area contributed by atoms with E-state index in [1.165, 1.54) is 82.1 Å². The molecule has 0 aliphatic rings. The van der Waals surface area contributed by atoms with Crippen molar-refractivity contribution >= 4 is 11.8 Å². The summed E-state index contributed by atoms with van der Waals surface area (Å²) >= 11 is 2.15. The second-order valence-corrected chi connectivity index (χ2v) is 6.02. The Morgan fingerprint density at radius 1 is 0.500 bits per heavy atom. The van der Waals surface area contributed by atoms with Crippen LogP contribution in [0.15, 0.2) is 0 Å². The van der Waals surface area contributed by atoms with Crippen molar-refractivity contribution in [1.82, 2.24) is 0 Å². The molecule has 0 nitrogen and oxygen atoms in total. The van der Waals surface area contributed by atoms with Gasteiger partial charge in [-0.25, -0.2) is 0 Å². The molecule has 0 heterocycles.